The third-order valence-electron chi connectivity index (χ3n) is 3.96. The number of carbonyl (C=O) groups is 1. The summed E-state index contributed by atoms with van der Waals surface area (Å²) in [5, 5.41) is 9.21. The summed E-state index contributed by atoms with van der Waals surface area (Å²) in [4.78, 5) is 16.5. The molecule has 3 rings (SSSR count). The summed E-state index contributed by atoms with van der Waals surface area (Å²) in [5.41, 5.74) is 4.89. The Kier molecular flexibility index (Phi) is 4.42. The molecule has 0 saturated heterocycles. The fourth-order valence-electron chi connectivity index (χ4n) is 2.44. The normalized spacial score (nSPS) is 16.1. The largest absolute Gasteiger partial charge is 0.385 e. The Morgan fingerprint density at radius 2 is 2.12 bits per heavy atom. The molecule has 0 amide bonds. The third kappa shape index (κ3) is 3.32. The highest BCUT2D eigenvalue weighted by molar-refractivity contribution is 6.32. The Bertz CT molecular complexity index is 849. The van der Waals surface area contributed by atoms with Gasteiger partial charge in [0, 0.05) is 5.02 Å². The molecule has 1 heterocycles. The van der Waals surface area contributed by atoms with Crippen LogP contribution in [0, 0.1) is 5.82 Å². The molecule has 1 aliphatic rings. The summed E-state index contributed by atoms with van der Waals surface area (Å²) in [6.07, 6.45) is -1.59. The predicted octanol–water partition coefficient (Wildman–Crippen LogP) is 3.30. The van der Waals surface area contributed by atoms with Crippen molar-refractivity contribution in [3.63, 3.8) is 0 Å². The number of hydrogen-bond acceptors (Lipinski definition) is 4. The first-order valence-electron chi connectivity index (χ1n) is 7.18. The molecule has 3 N–H and O–H groups in total. The molecule has 1 aromatic heterocycles. The van der Waals surface area contributed by atoms with Gasteiger partial charge in [-0.3, -0.25) is 5.10 Å². The minimum Gasteiger partial charge on any atom is -0.384 e. The van der Waals surface area contributed by atoms with Gasteiger partial charge in [-0.25, -0.2) is 18.0 Å². The first-order chi connectivity index (χ1) is 11.8. The SMILES string of the molecule is NC(=NOC(=O)c1cc(C(F)F)[nH]n1)C1(c2ccc(F)cc2Cl)CC1. The molecule has 6 nitrogen and oxygen atoms in total. The maximum absolute atomic E-state index is 13.2. The van der Waals surface area contributed by atoms with Crippen LogP contribution in [0.25, 0.3) is 0 Å². The second-order valence-electron chi connectivity index (χ2n) is 5.57. The zero-order valence-corrected chi connectivity index (χ0v) is 13.4. The Morgan fingerprint density at radius 3 is 2.68 bits per heavy atom. The lowest BCUT2D eigenvalue weighted by molar-refractivity contribution is 0.0507. The second kappa shape index (κ2) is 6.40. The van der Waals surface area contributed by atoms with Crippen molar-refractivity contribution in [3.05, 3.63) is 52.1 Å². The fraction of sp³-hybridized carbons (Fsp3) is 0.267. The number of nitrogens with one attached hydrogen (secondary N) is 1. The van der Waals surface area contributed by atoms with E-state index < -0.39 is 29.3 Å². The number of carbonyl (C=O) groups excluding carboxylic acids is 1. The van der Waals surface area contributed by atoms with E-state index in [4.69, 9.17) is 17.3 Å². The number of H-pyrrole nitrogens is 1. The lowest BCUT2D eigenvalue weighted by Gasteiger charge is -2.16. The number of halogens is 4. The summed E-state index contributed by atoms with van der Waals surface area (Å²) in [6, 6.07) is 4.77. The van der Waals surface area contributed by atoms with E-state index in [1.54, 1.807) is 0 Å². The molecule has 25 heavy (non-hydrogen) atoms. The van der Waals surface area contributed by atoms with Crippen LogP contribution in [0.2, 0.25) is 5.02 Å². The van der Waals surface area contributed by atoms with Crippen LogP contribution in [0.4, 0.5) is 13.2 Å². The van der Waals surface area contributed by atoms with Crippen molar-refractivity contribution in [1.29, 1.82) is 0 Å². The smallest absolute Gasteiger partial charge is 0.384 e. The maximum atomic E-state index is 13.2. The van der Waals surface area contributed by atoms with Crippen LogP contribution in [-0.4, -0.2) is 22.0 Å². The number of oxime groups is 1. The van der Waals surface area contributed by atoms with Crippen LogP contribution in [0.5, 0.6) is 0 Å². The standard InChI is InChI=1S/C15H12ClF3N4O2/c16-9-5-7(17)1-2-8(9)15(3-4-15)14(20)23-25-13(24)11-6-10(12(18)19)21-22-11/h1-2,5-6,12H,3-4H2,(H2,20,23)(H,21,22). The minimum absolute atomic E-state index is 0.0148. The molecule has 1 aromatic carbocycles. The van der Waals surface area contributed by atoms with Gasteiger partial charge < -0.3 is 10.6 Å². The highest BCUT2D eigenvalue weighted by atomic mass is 35.5. The predicted molar refractivity (Wildman–Crippen MR) is 82.9 cm³/mol. The van der Waals surface area contributed by atoms with Crippen molar-refractivity contribution in [2.24, 2.45) is 10.9 Å². The average Bonchev–Trinajstić information content (AvgIpc) is 3.20. The topological polar surface area (TPSA) is 93.4 Å². The van der Waals surface area contributed by atoms with Gasteiger partial charge in [-0.05, 0) is 36.6 Å². The van der Waals surface area contributed by atoms with Crippen molar-refractivity contribution < 1.29 is 22.8 Å². The highest BCUT2D eigenvalue weighted by Gasteiger charge is 2.50. The molecule has 2 aromatic rings. The third-order valence-corrected chi connectivity index (χ3v) is 4.27. The molecule has 0 radical (unpaired) electrons. The minimum atomic E-state index is -2.79. The van der Waals surface area contributed by atoms with Gasteiger partial charge >= 0.3 is 5.97 Å². The van der Waals surface area contributed by atoms with E-state index in [-0.39, 0.29) is 16.6 Å². The molecular formula is C15H12ClF3N4O2. The molecule has 0 aliphatic heterocycles. The zero-order valence-electron chi connectivity index (χ0n) is 12.6. The number of nitrogens with two attached hydrogens (primary N) is 1. The Labute approximate surface area is 144 Å². The fourth-order valence-corrected chi connectivity index (χ4v) is 2.79. The summed E-state index contributed by atoms with van der Waals surface area (Å²) in [5.74, 6) is -1.54. The summed E-state index contributed by atoms with van der Waals surface area (Å²) in [7, 11) is 0. The van der Waals surface area contributed by atoms with Gasteiger partial charge in [0.1, 0.15) is 11.5 Å². The number of hydrogen-bond donors (Lipinski definition) is 2. The van der Waals surface area contributed by atoms with E-state index in [0.717, 1.165) is 12.1 Å². The first-order valence-corrected chi connectivity index (χ1v) is 7.55. The summed E-state index contributed by atoms with van der Waals surface area (Å²) >= 11 is 6.05. The number of aromatic amines is 1. The van der Waals surface area contributed by atoms with Crippen LogP contribution in [0.3, 0.4) is 0 Å². The summed E-state index contributed by atoms with van der Waals surface area (Å²) < 4.78 is 38.1. The van der Waals surface area contributed by atoms with Crippen molar-refractivity contribution in [1.82, 2.24) is 10.2 Å². The van der Waals surface area contributed by atoms with Gasteiger partial charge in [0.15, 0.2) is 11.5 Å². The molecule has 0 bridgehead atoms. The van der Waals surface area contributed by atoms with Crippen LogP contribution in [0.1, 0.15) is 41.0 Å². The first kappa shape index (κ1) is 17.3. The molecule has 1 saturated carbocycles. The second-order valence-corrected chi connectivity index (χ2v) is 5.98. The lowest BCUT2D eigenvalue weighted by Crippen LogP contribution is -2.30. The lowest BCUT2D eigenvalue weighted by atomic mass is 9.95. The molecular weight excluding hydrogens is 361 g/mol. The van der Waals surface area contributed by atoms with Crippen molar-refractivity contribution in [3.8, 4) is 0 Å². The molecule has 1 aliphatic carbocycles. The van der Waals surface area contributed by atoms with Crippen LogP contribution >= 0.6 is 11.6 Å². The van der Waals surface area contributed by atoms with Crippen LogP contribution < -0.4 is 5.73 Å². The number of alkyl halides is 2. The molecule has 0 unspecified atom stereocenters. The average molecular weight is 373 g/mol. The quantitative estimate of drug-likeness (QED) is 0.364. The number of benzene rings is 1. The molecule has 0 atom stereocenters. The van der Waals surface area contributed by atoms with E-state index in [0.29, 0.717) is 18.4 Å². The monoisotopic (exact) mass is 372 g/mol. The van der Waals surface area contributed by atoms with Gasteiger partial charge in [0.2, 0.25) is 0 Å². The number of amidine groups is 1. The zero-order chi connectivity index (χ0) is 18.2. The number of rotatable bonds is 5. The number of aromatic nitrogens is 2. The van der Waals surface area contributed by atoms with Crippen molar-refractivity contribution >= 4 is 23.4 Å². The number of nitrogens with zero attached hydrogens (tertiary/aromatic N) is 2. The van der Waals surface area contributed by atoms with E-state index in [1.807, 2.05) is 5.10 Å². The van der Waals surface area contributed by atoms with Crippen molar-refractivity contribution in [2.45, 2.75) is 24.7 Å². The Morgan fingerprint density at radius 1 is 1.40 bits per heavy atom. The molecule has 132 valence electrons. The highest BCUT2D eigenvalue weighted by Crippen LogP contribution is 2.50. The van der Waals surface area contributed by atoms with E-state index in [1.165, 1.54) is 12.1 Å². The van der Waals surface area contributed by atoms with Crippen molar-refractivity contribution in [2.75, 3.05) is 0 Å². The van der Waals surface area contributed by atoms with Gasteiger partial charge in [0.25, 0.3) is 6.43 Å². The Balaban J connectivity index is 1.75. The molecule has 1 fully saturated rings. The Hall–Kier alpha value is -2.55. The molecule has 0 spiro atoms. The van der Waals surface area contributed by atoms with E-state index >= 15 is 0 Å². The van der Waals surface area contributed by atoms with Gasteiger partial charge in [-0.15, -0.1) is 0 Å². The van der Waals surface area contributed by atoms with Gasteiger partial charge in [-0.2, -0.15) is 5.10 Å². The maximum Gasteiger partial charge on any atom is 0.385 e. The van der Waals surface area contributed by atoms with Gasteiger partial charge in [0.05, 0.1) is 5.41 Å². The van der Waals surface area contributed by atoms with Crippen LogP contribution in [0.15, 0.2) is 29.4 Å². The summed E-state index contributed by atoms with van der Waals surface area (Å²) in [6.45, 7) is 0. The van der Waals surface area contributed by atoms with E-state index in [9.17, 15) is 18.0 Å². The van der Waals surface area contributed by atoms with Crippen LogP contribution in [-0.2, 0) is 10.3 Å². The van der Waals surface area contributed by atoms with Gasteiger partial charge in [-0.1, -0.05) is 22.8 Å². The van der Waals surface area contributed by atoms with E-state index in [2.05, 4.69) is 15.1 Å². The molecule has 10 heteroatoms.